The summed E-state index contributed by atoms with van der Waals surface area (Å²) in [5.74, 6) is 1.13. The predicted octanol–water partition coefficient (Wildman–Crippen LogP) is 5.80. The number of aryl methyl sites for hydroxylation is 2. The molecule has 0 fully saturated rings. The van der Waals surface area contributed by atoms with Gasteiger partial charge in [-0.2, -0.15) is 0 Å². The summed E-state index contributed by atoms with van der Waals surface area (Å²) in [6, 6.07) is 19.2. The minimum absolute atomic E-state index is 0.254. The molecular weight excluding hydrogens is 416 g/mol. The highest BCUT2D eigenvalue weighted by molar-refractivity contribution is 6.13. The number of pyridine rings is 1. The fourth-order valence-corrected chi connectivity index (χ4v) is 3.75. The number of amides is 1. The lowest BCUT2D eigenvalue weighted by Crippen LogP contribution is -2.13. The van der Waals surface area contributed by atoms with Gasteiger partial charge in [-0.25, -0.2) is 4.98 Å². The van der Waals surface area contributed by atoms with Crippen LogP contribution >= 0.6 is 0 Å². The molecule has 3 aromatic carbocycles. The number of carbonyl (C=O) groups excluding carboxylic acids is 1. The highest BCUT2D eigenvalue weighted by Crippen LogP contribution is 2.40. The Kier molecular flexibility index (Phi) is 6.18. The molecule has 0 aliphatic rings. The lowest BCUT2D eigenvalue weighted by Gasteiger charge is -2.15. The van der Waals surface area contributed by atoms with Gasteiger partial charge in [-0.1, -0.05) is 41.5 Å². The topological polar surface area (TPSA) is 69.7 Å². The van der Waals surface area contributed by atoms with Crippen molar-refractivity contribution < 1.29 is 19.0 Å². The van der Waals surface area contributed by atoms with Gasteiger partial charge in [-0.3, -0.25) is 4.79 Å². The average Bonchev–Trinajstić information content (AvgIpc) is 2.83. The molecule has 0 unspecified atom stereocenters. The Morgan fingerprint density at radius 2 is 1.42 bits per heavy atom. The van der Waals surface area contributed by atoms with E-state index in [2.05, 4.69) is 5.32 Å². The molecule has 6 nitrogen and oxygen atoms in total. The Labute approximate surface area is 193 Å². The summed E-state index contributed by atoms with van der Waals surface area (Å²) in [7, 11) is 4.61. The van der Waals surface area contributed by atoms with Gasteiger partial charge in [0.05, 0.1) is 38.1 Å². The normalized spacial score (nSPS) is 10.7. The molecule has 6 heteroatoms. The number of methoxy groups -OCH3 is 3. The number of anilines is 1. The van der Waals surface area contributed by atoms with Crippen LogP contribution in [0.15, 0.2) is 60.7 Å². The van der Waals surface area contributed by atoms with Crippen molar-refractivity contribution >= 4 is 22.5 Å². The molecule has 1 aromatic heterocycles. The van der Waals surface area contributed by atoms with Crippen LogP contribution in [0, 0.1) is 13.8 Å². The second kappa shape index (κ2) is 9.20. The highest BCUT2D eigenvalue weighted by Gasteiger charge is 2.18. The van der Waals surface area contributed by atoms with Crippen LogP contribution in [-0.2, 0) is 0 Å². The minimum atomic E-state index is -0.254. The molecule has 1 N–H and O–H groups in total. The first-order valence-corrected chi connectivity index (χ1v) is 10.5. The van der Waals surface area contributed by atoms with Crippen molar-refractivity contribution in [3.63, 3.8) is 0 Å². The van der Waals surface area contributed by atoms with Gasteiger partial charge < -0.3 is 19.5 Å². The van der Waals surface area contributed by atoms with Gasteiger partial charge >= 0.3 is 0 Å². The molecule has 0 bridgehead atoms. The zero-order valence-electron chi connectivity index (χ0n) is 19.4. The van der Waals surface area contributed by atoms with E-state index in [9.17, 15) is 4.79 Å². The van der Waals surface area contributed by atoms with Crippen LogP contribution in [0.25, 0.3) is 22.2 Å². The van der Waals surface area contributed by atoms with Crippen molar-refractivity contribution in [2.24, 2.45) is 0 Å². The average molecular weight is 443 g/mol. The zero-order chi connectivity index (χ0) is 23.5. The maximum absolute atomic E-state index is 13.5. The fraction of sp³-hybridized carbons (Fsp3) is 0.185. The number of hydrogen-bond donors (Lipinski definition) is 1. The largest absolute Gasteiger partial charge is 0.493 e. The van der Waals surface area contributed by atoms with Crippen molar-refractivity contribution in [2.45, 2.75) is 13.8 Å². The van der Waals surface area contributed by atoms with E-state index in [-0.39, 0.29) is 5.91 Å². The second-order valence-corrected chi connectivity index (χ2v) is 7.81. The number of rotatable bonds is 6. The van der Waals surface area contributed by atoms with Gasteiger partial charge in [-0.05, 0) is 32.0 Å². The maximum Gasteiger partial charge on any atom is 0.256 e. The van der Waals surface area contributed by atoms with Crippen molar-refractivity contribution in [1.82, 2.24) is 4.98 Å². The monoisotopic (exact) mass is 442 g/mol. The summed E-state index contributed by atoms with van der Waals surface area (Å²) in [5.41, 5.74) is 5.72. The first-order chi connectivity index (χ1) is 15.9. The predicted molar refractivity (Wildman–Crippen MR) is 131 cm³/mol. The lowest BCUT2D eigenvalue weighted by molar-refractivity contribution is 0.102. The number of fused-ring (bicyclic) bond motifs is 1. The van der Waals surface area contributed by atoms with Crippen molar-refractivity contribution in [3.05, 3.63) is 77.4 Å². The fourth-order valence-electron chi connectivity index (χ4n) is 3.75. The Morgan fingerprint density at radius 3 is 2.03 bits per heavy atom. The molecular formula is C27H26N2O4. The van der Waals surface area contributed by atoms with E-state index >= 15 is 0 Å². The molecule has 0 radical (unpaired) electrons. The third kappa shape index (κ3) is 4.46. The van der Waals surface area contributed by atoms with E-state index in [1.807, 2.05) is 62.4 Å². The Bertz CT molecular complexity index is 1310. The number of carbonyl (C=O) groups is 1. The summed E-state index contributed by atoms with van der Waals surface area (Å²) >= 11 is 0. The molecule has 0 aliphatic carbocycles. The number of nitrogens with one attached hydrogen (secondary N) is 1. The van der Waals surface area contributed by atoms with Crippen molar-refractivity contribution in [3.8, 4) is 28.5 Å². The van der Waals surface area contributed by atoms with E-state index in [1.54, 1.807) is 12.1 Å². The molecule has 0 atom stereocenters. The van der Waals surface area contributed by atoms with E-state index in [1.165, 1.54) is 21.3 Å². The summed E-state index contributed by atoms with van der Waals surface area (Å²) in [6.45, 7) is 4.03. The van der Waals surface area contributed by atoms with Crippen molar-refractivity contribution in [1.29, 1.82) is 0 Å². The van der Waals surface area contributed by atoms with Gasteiger partial charge in [0, 0.05) is 28.8 Å². The third-order valence-electron chi connectivity index (χ3n) is 5.48. The summed E-state index contributed by atoms with van der Waals surface area (Å²) in [5, 5.41) is 3.76. The second-order valence-electron chi connectivity index (χ2n) is 7.81. The van der Waals surface area contributed by atoms with E-state index in [0.717, 1.165) is 33.3 Å². The van der Waals surface area contributed by atoms with Gasteiger partial charge in [-0.15, -0.1) is 0 Å². The molecule has 0 saturated heterocycles. The molecule has 33 heavy (non-hydrogen) atoms. The molecule has 0 aliphatic heterocycles. The van der Waals surface area contributed by atoms with Gasteiger partial charge in [0.25, 0.3) is 5.91 Å². The summed E-state index contributed by atoms with van der Waals surface area (Å²) < 4.78 is 16.2. The maximum atomic E-state index is 13.5. The molecule has 0 saturated carbocycles. The first-order valence-electron chi connectivity index (χ1n) is 10.5. The first kappa shape index (κ1) is 22.1. The van der Waals surface area contributed by atoms with Crippen LogP contribution in [0.4, 0.5) is 5.69 Å². The smallest absolute Gasteiger partial charge is 0.256 e. The molecule has 4 rings (SSSR count). The molecule has 1 amide bonds. The third-order valence-corrected chi connectivity index (χ3v) is 5.48. The molecule has 168 valence electrons. The van der Waals surface area contributed by atoms with E-state index in [0.29, 0.717) is 28.5 Å². The number of aromatic nitrogens is 1. The molecule has 1 heterocycles. The highest BCUT2D eigenvalue weighted by atomic mass is 16.5. The van der Waals surface area contributed by atoms with Crippen LogP contribution in [0.1, 0.15) is 21.5 Å². The van der Waals surface area contributed by atoms with Crippen molar-refractivity contribution in [2.75, 3.05) is 26.6 Å². The van der Waals surface area contributed by atoms with Crippen LogP contribution in [-0.4, -0.2) is 32.2 Å². The van der Waals surface area contributed by atoms with Gasteiger partial charge in [0.15, 0.2) is 11.5 Å². The minimum Gasteiger partial charge on any atom is -0.493 e. The number of nitrogens with zero attached hydrogens (tertiary/aromatic N) is 1. The van der Waals surface area contributed by atoms with Crippen LogP contribution < -0.4 is 19.5 Å². The SMILES string of the molecule is COc1cc(NC(=O)c2cc(-c3ccc(C)cc3)nc3ccc(C)cc23)cc(OC)c1OC. The Balaban J connectivity index is 1.80. The number of hydrogen-bond acceptors (Lipinski definition) is 5. The van der Waals surface area contributed by atoms with Gasteiger partial charge in [0.1, 0.15) is 0 Å². The van der Waals surface area contributed by atoms with E-state index < -0.39 is 0 Å². The molecule has 4 aromatic rings. The standard InChI is InChI=1S/C27H26N2O4/c1-16-6-9-18(10-7-16)23-15-21(20-12-17(2)8-11-22(20)29-23)27(30)28-19-13-24(31-3)26(33-5)25(14-19)32-4/h6-15H,1-5H3,(H,28,30). The van der Waals surface area contributed by atoms with Crippen LogP contribution in [0.5, 0.6) is 17.2 Å². The summed E-state index contributed by atoms with van der Waals surface area (Å²) in [4.78, 5) is 18.3. The molecule has 0 spiro atoms. The summed E-state index contributed by atoms with van der Waals surface area (Å²) in [6.07, 6.45) is 0. The zero-order valence-corrected chi connectivity index (χ0v) is 19.4. The van der Waals surface area contributed by atoms with Gasteiger partial charge in [0.2, 0.25) is 5.75 Å². The Hall–Kier alpha value is -4.06. The van der Waals surface area contributed by atoms with E-state index in [4.69, 9.17) is 19.2 Å². The number of ether oxygens (including phenoxy) is 3. The quantitative estimate of drug-likeness (QED) is 0.409. The van der Waals surface area contributed by atoms with Crippen LogP contribution in [0.2, 0.25) is 0 Å². The number of benzene rings is 3. The Morgan fingerprint density at radius 1 is 0.788 bits per heavy atom. The van der Waals surface area contributed by atoms with Crippen LogP contribution in [0.3, 0.4) is 0 Å². The lowest BCUT2D eigenvalue weighted by atomic mass is 10.0.